The maximum atomic E-state index is 10.7. The summed E-state index contributed by atoms with van der Waals surface area (Å²) in [6, 6.07) is 6.03. The van der Waals surface area contributed by atoms with Crippen molar-refractivity contribution in [3.63, 3.8) is 0 Å². The van der Waals surface area contributed by atoms with Gasteiger partial charge >= 0.3 is 5.97 Å². The van der Waals surface area contributed by atoms with E-state index in [0.717, 1.165) is 27.3 Å². The van der Waals surface area contributed by atoms with Gasteiger partial charge in [-0.1, -0.05) is 30.0 Å². The van der Waals surface area contributed by atoms with E-state index in [-0.39, 0.29) is 5.75 Å². The Labute approximate surface area is 116 Å². The van der Waals surface area contributed by atoms with Crippen LogP contribution in [0.5, 0.6) is 0 Å². The first-order chi connectivity index (χ1) is 8.97. The third-order valence-electron chi connectivity index (χ3n) is 2.62. The van der Waals surface area contributed by atoms with Crippen LogP contribution in [0.15, 0.2) is 35.5 Å². The predicted molar refractivity (Wildman–Crippen MR) is 77.6 cm³/mol. The number of rotatable bonds is 5. The lowest BCUT2D eigenvalue weighted by atomic mass is 10.2. The zero-order valence-electron chi connectivity index (χ0n) is 11.0. The Kier molecular flexibility index (Phi) is 3.95. The second kappa shape index (κ2) is 5.48. The molecule has 100 valence electrons. The molecule has 2 rings (SSSR count). The van der Waals surface area contributed by atoms with Crippen LogP contribution >= 0.6 is 11.8 Å². The minimum absolute atomic E-state index is 0.0124. The van der Waals surface area contributed by atoms with Gasteiger partial charge in [-0.15, -0.1) is 0 Å². The fraction of sp³-hybridized carbons (Fsp3) is 0.286. The molecule has 0 amide bonds. The molecule has 0 saturated heterocycles. The third-order valence-corrected chi connectivity index (χ3v) is 3.58. The SMILES string of the molecule is C=C(C)Cn1c(SCC(=O)O)nc2ccc(C)cc21. The van der Waals surface area contributed by atoms with E-state index in [9.17, 15) is 4.79 Å². The highest BCUT2D eigenvalue weighted by atomic mass is 32.2. The molecule has 1 heterocycles. The Balaban J connectivity index is 2.48. The number of carboxylic acids is 1. The van der Waals surface area contributed by atoms with Crippen LogP contribution in [0.1, 0.15) is 12.5 Å². The van der Waals surface area contributed by atoms with Gasteiger partial charge in [-0.2, -0.15) is 0 Å². The highest BCUT2D eigenvalue weighted by Crippen LogP contribution is 2.25. The van der Waals surface area contributed by atoms with Crippen LogP contribution in [0.25, 0.3) is 11.0 Å². The van der Waals surface area contributed by atoms with Gasteiger partial charge in [-0.05, 0) is 31.5 Å². The van der Waals surface area contributed by atoms with Gasteiger partial charge < -0.3 is 9.67 Å². The van der Waals surface area contributed by atoms with Crippen LogP contribution in [0, 0.1) is 6.92 Å². The molecule has 0 aliphatic heterocycles. The first kappa shape index (κ1) is 13.7. The van der Waals surface area contributed by atoms with Gasteiger partial charge in [0.2, 0.25) is 0 Å². The number of imidazole rings is 1. The van der Waals surface area contributed by atoms with Crippen molar-refractivity contribution in [2.75, 3.05) is 5.75 Å². The molecule has 0 spiro atoms. The number of nitrogens with zero attached hydrogens (tertiary/aromatic N) is 2. The number of hydrogen-bond donors (Lipinski definition) is 1. The van der Waals surface area contributed by atoms with E-state index in [4.69, 9.17) is 5.11 Å². The average Bonchev–Trinajstić information content (AvgIpc) is 2.64. The van der Waals surface area contributed by atoms with E-state index >= 15 is 0 Å². The van der Waals surface area contributed by atoms with Gasteiger partial charge in [0.05, 0.1) is 16.8 Å². The smallest absolute Gasteiger partial charge is 0.313 e. The summed E-state index contributed by atoms with van der Waals surface area (Å²) in [5, 5.41) is 9.52. The molecule has 0 saturated carbocycles. The van der Waals surface area contributed by atoms with E-state index in [0.29, 0.717) is 6.54 Å². The molecule has 0 bridgehead atoms. The lowest BCUT2D eigenvalue weighted by Gasteiger charge is -2.08. The van der Waals surface area contributed by atoms with Crippen LogP contribution < -0.4 is 0 Å². The van der Waals surface area contributed by atoms with Crippen molar-refractivity contribution in [1.29, 1.82) is 0 Å². The summed E-state index contributed by atoms with van der Waals surface area (Å²) in [6.07, 6.45) is 0. The molecule has 0 unspecified atom stereocenters. The van der Waals surface area contributed by atoms with Gasteiger partial charge in [-0.25, -0.2) is 4.98 Å². The van der Waals surface area contributed by atoms with E-state index in [1.807, 2.05) is 30.5 Å². The van der Waals surface area contributed by atoms with Gasteiger partial charge in [0.15, 0.2) is 5.16 Å². The molecule has 4 nitrogen and oxygen atoms in total. The quantitative estimate of drug-likeness (QED) is 0.673. The van der Waals surface area contributed by atoms with E-state index in [2.05, 4.69) is 17.6 Å². The molecule has 0 fully saturated rings. The minimum Gasteiger partial charge on any atom is -0.481 e. The molecule has 1 aromatic carbocycles. The summed E-state index contributed by atoms with van der Waals surface area (Å²) < 4.78 is 2.03. The zero-order chi connectivity index (χ0) is 14.0. The molecule has 0 atom stereocenters. The number of benzene rings is 1. The first-order valence-corrected chi connectivity index (χ1v) is 6.92. The number of carboxylic acid groups (broad SMARTS) is 1. The predicted octanol–water partition coefficient (Wildman–Crippen LogP) is 3.10. The largest absolute Gasteiger partial charge is 0.481 e. The van der Waals surface area contributed by atoms with E-state index < -0.39 is 5.97 Å². The van der Waals surface area contributed by atoms with Crippen molar-refractivity contribution in [3.8, 4) is 0 Å². The van der Waals surface area contributed by atoms with E-state index in [1.54, 1.807) is 0 Å². The Bertz CT molecular complexity index is 646. The summed E-state index contributed by atoms with van der Waals surface area (Å²) in [4.78, 5) is 15.2. The summed E-state index contributed by atoms with van der Waals surface area (Å²) in [7, 11) is 0. The molecule has 19 heavy (non-hydrogen) atoms. The number of allylic oxidation sites excluding steroid dienone is 1. The summed E-state index contributed by atoms with van der Waals surface area (Å²) in [5.41, 5.74) is 4.08. The fourth-order valence-electron chi connectivity index (χ4n) is 1.87. The highest BCUT2D eigenvalue weighted by molar-refractivity contribution is 7.99. The molecular formula is C14H16N2O2S. The number of aliphatic carboxylic acids is 1. The normalized spacial score (nSPS) is 10.8. The van der Waals surface area contributed by atoms with Crippen molar-refractivity contribution in [2.24, 2.45) is 0 Å². The number of fused-ring (bicyclic) bond motifs is 1. The fourth-order valence-corrected chi connectivity index (χ4v) is 2.60. The number of carbonyl (C=O) groups is 1. The second-order valence-electron chi connectivity index (χ2n) is 4.61. The molecule has 5 heteroatoms. The molecule has 0 aliphatic rings. The number of aryl methyl sites for hydroxylation is 1. The Morgan fingerprint density at radius 1 is 1.53 bits per heavy atom. The zero-order valence-corrected chi connectivity index (χ0v) is 11.8. The second-order valence-corrected chi connectivity index (χ2v) is 5.55. The van der Waals surface area contributed by atoms with Crippen LogP contribution in [0.2, 0.25) is 0 Å². The van der Waals surface area contributed by atoms with Crippen molar-refractivity contribution in [1.82, 2.24) is 9.55 Å². The van der Waals surface area contributed by atoms with Crippen molar-refractivity contribution in [2.45, 2.75) is 25.5 Å². The molecule has 1 N–H and O–H groups in total. The average molecular weight is 276 g/mol. The Hall–Kier alpha value is -1.75. The lowest BCUT2D eigenvalue weighted by molar-refractivity contribution is -0.133. The van der Waals surface area contributed by atoms with Crippen molar-refractivity contribution in [3.05, 3.63) is 35.9 Å². The topological polar surface area (TPSA) is 55.1 Å². The summed E-state index contributed by atoms with van der Waals surface area (Å²) in [5.74, 6) is -0.825. The van der Waals surface area contributed by atoms with Gasteiger partial charge in [0.1, 0.15) is 0 Å². The molecule has 1 aromatic heterocycles. The highest BCUT2D eigenvalue weighted by Gasteiger charge is 2.12. The van der Waals surface area contributed by atoms with Crippen LogP contribution in [0.3, 0.4) is 0 Å². The number of hydrogen-bond acceptors (Lipinski definition) is 3. The first-order valence-electron chi connectivity index (χ1n) is 5.93. The van der Waals surface area contributed by atoms with Gasteiger partial charge in [0, 0.05) is 6.54 Å². The maximum absolute atomic E-state index is 10.7. The lowest BCUT2D eigenvalue weighted by Crippen LogP contribution is -2.04. The molecular weight excluding hydrogens is 260 g/mol. The van der Waals surface area contributed by atoms with Crippen molar-refractivity contribution < 1.29 is 9.90 Å². The monoisotopic (exact) mass is 276 g/mol. The Morgan fingerprint density at radius 3 is 2.89 bits per heavy atom. The summed E-state index contributed by atoms with van der Waals surface area (Å²) in [6.45, 7) is 8.56. The molecule has 0 radical (unpaired) electrons. The van der Waals surface area contributed by atoms with Gasteiger partial charge in [-0.3, -0.25) is 4.79 Å². The minimum atomic E-state index is -0.838. The van der Waals surface area contributed by atoms with E-state index in [1.165, 1.54) is 11.8 Å². The van der Waals surface area contributed by atoms with Gasteiger partial charge in [0.25, 0.3) is 0 Å². The number of aromatic nitrogens is 2. The molecule has 0 aliphatic carbocycles. The summed E-state index contributed by atoms with van der Waals surface area (Å²) >= 11 is 1.24. The standard InChI is InChI=1S/C14H16N2O2S/c1-9(2)7-16-12-6-10(3)4-5-11(12)15-14(16)19-8-13(17)18/h4-6H,1,7-8H2,2-3H3,(H,17,18). The van der Waals surface area contributed by atoms with Crippen molar-refractivity contribution >= 4 is 28.8 Å². The number of thioether (sulfide) groups is 1. The molecule has 2 aromatic rings. The maximum Gasteiger partial charge on any atom is 0.313 e. The Morgan fingerprint density at radius 2 is 2.26 bits per heavy atom. The van der Waals surface area contributed by atoms with Crippen LogP contribution in [-0.4, -0.2) is 26.4 Å². The van der Waals surface area contributed by atoms with Crippen LogP contribution in [0.4, 0.5) is 0 Å². The van der Waals surface area contributed by atoms with Crippen LogP contribution in [-0.2, 0) is 11.3 Å². The third kappa shape index (κ3) is 3.17.